The summed E-state index contributed by atoms with van der Waals surface area (Å²) in [6.45, 7) is 0.173. The van der Waals surface area contributed by atoms with Crippen molar-refractivity contribution in [3.63, 3.8) is 0 Å². The summed E-state index contributed by atoms with van der Waals surface area (Å²) in [6, 6.07) is 9.49. The molecule has 2 aromatic carbocycles. The van der Waals surface area contributed by atoms with Gasteiger partial charge in [-0.1, -0.05) is 29.3 Å². The zero-order valence-electron chi connectivity index (χ0n) is 13.7. The first kappa shape index (κ1) is 18.2. The first-order valence-corrected chi connectivity index (χ1v) is 8.34. The Bertz CT molecular complexity index is 959. The summed E-state index contributed by atoms with van der Waals surface area (Å²) in [5.74, 6) is -0.664. The quantitative estimate of drug-likeness (QED) is 0.704. The molecule has 134 valence electrons. The molecule has 0 atom stereocenters. The van der Waals surface area contributed by atoms with Gasteiger partial charge in [-0.3, -0.25) is 4.79 Å². The largest absolute Gasteiger partial charge is 0.494 e. The molecule has 0 fully saturated rings. The molecule has 0 unspecified atom stereocenters. The fourth-order valence-electron chi connectivity index (χ4n) is 2.34. The van der Waals surface area contributed by atoms with Crippen LogP contribution in [-0.4, -0.2) is 22.8 Å². The maximum absolute atomic E-state index is 13.7. The number of hydrogen-bond donors (Lipinski definition) is 1. The van der Waals surface area contributed by atoms with E-state index in [0.717, 1.165) is 0 Å². The van der Waals surface area contributed by atoms with Crippen LogP contribution in [-0.2, 0) is 6.54 Å². The smallest absolute Gasteiger partial charge is 0.254 e. The van der Waals surface area contributed by atoms with Crippen molar-refractivity contribution in [2.75, 3.05) is 7.11 Å². The first-order chi connectivity index (χ1) is 12.5. The molecule has 1 heterocycles. The summed E-state index contributed by atoms with van der Waals surface area (Å²) in [6.07, 6.45) is 2.98. The van der Waals surface area contributed by atoms with Gasteiger partial charge < -0.3 is 10.1 Å². The Morgan fingerprint density at radius 2 is 2.08 bits per heavy atom. The normalized spacial score (nSPS) is 10.6. The van der Waals surface area contributed by atoms with Gasteiger partial charge in [0.1, 0.15) is 0 Å². The Morgan fingerprint density at radius 3 is 2.77 bits per heavy atom. The maximum Gasteiger partial charge on any atom is 0.254 e. The summed E-state index contributed by atoms with van der Waals surface area (Å²) in [5, 5.41) is 7.78. The summed E-state index contributed by atoms with van der Waals surface area (Å²) in [5.41, 5.74) is 1.57. The van der Waals surface area contributed by atoms with Crippen LogP contribution in [0.5, 0.6) is 5.75 Å². The molecular weight excluding hydrogens is 380 g/mol. The lowest BCUT2D eigenvalue weighted by atomic mass is 10.2. The molecule has 3 aromatic rings. The highest BCUT2D eigenvalue weighted by Gasteiger charge is 2.12. The van der Waals surface area contributed by atoms with E-state index in [9.17, 15) is 9.18 Å². The molecule has 0 saturated heterocycles. The van der Waals surface area contributed by atoms with Gasteiger partial charge in [-0.25, -0.2) is 9.07 Å². The number of nitrogens with one attached hydrogen (secondary N) is 1. The number of carbonyl (C=O) groups is 1. The fourth-order valence-corrected chi connectivity index (χ4v) is 2.84. The molecule has 0 aliphatic heterocycles. The molecular formula is C18H14Cl2FN3O2. The van der Waals surface area contributed by atoms with Crippen molar-refractivity contribution >= 4 is 29.1 Å². The highest BCUT2D eigenvalue weighted by molar-refractivity contribution is 6.35. The van der Waals surface area contributed by atoms with Gasteiger partial charge in [-0.05, 0) is 35.9 Å². The zero-order chi connectivity index (χ0) is 18.7. The average Bonchev–Trinajstić information content (AvgIpc) is 3.09. The van der Waals surface area contributed by atoms with Crippen LogP contribution in [0.4, 0.5) is 4.39 Å². The second-order valence-electron chi connectivity index (χ2n) is 5.42. The Balaban J connectivity index is 1.69. The van der Waals surface area contributed by atoms with Gasteiger partial charge in [-0.15, -0.1) is 0 Å². The summed E-state index contributed by atoms with van der Waals surface area (Å²) in [7, 11) is 1.39. The molecule has 0 spiro atoms. The number of methoxy groups -OCH3 is 1. The lowest BCUT2D eigenvalue weighted by molar-refractivity contribution is 0.0951. The fraction of sp³-hybridized carbons (Fsp3) is 0.111. The maximum atomic E-state index is 13.7. The highest BCUT2D eigenvalue weighted by atomic mass is 35.5. The molecule has 0 radical (unpaired) electrons. The molecule has 26 heavy (non-hydrogen) atoms. The molecule has 1 amide bonds. The number of halogens is 3. The van der Waals surface area contributed by atoms with Crippen molar-refractivity contribution in [3.05, 3.63) is 75.8 Å². The number of aromatic nitrogens is 2. The van der Waals surface area contributed by atoms with Crippen molar-refractivity contribution in [1.82, 2.24) is 15.1 Å². The van der Waals surface area contributed by atoms with Gasteiger partial charge in [0.05, 0.1) is 29.6 Å². The average molecular weight is 394 g/mol. The van der Waals surface area contributed by atoms with Crippen molar-refractivity contribution in [3.8, 4) is 11.4 Å². The van der Waals surface area contributed by atoms with E-state index in [-0.39, 0.29) is 18.2 Å². The second-order valence-corrected chi connectivity index (χ2v) is 6.26. The van der Waals surface area contributed by atoms with Gasteiger partial charge in [-0.2, -0.15) is 5.10 Å². The Kier molecular flexibility index (Phi) is 5.44. The molecule has 0 bridgehead atoms. The Hall–Kier alpha value is -2.57. The first-order valence-electron chi connectivity index (χ1n) is 7.58. The number of rotatable bonds is 5. The third-order valence-electron chi connectivity index (χ3n) is 3.67. The van der Waals surface area contributed by atoms with E-state index >= 15 is 0 Å². The third-order valence-corrected chi connectivity index (χ3v) is 4.21. The number of benzene rings is 2. The lowest BCUT2D eigenvalue weighted by Gasteiger charge is -2.06. The van der Waals surface area contributed by atoms with Crippen LogP contribution in [0, 0.1) is 5.82 Å². The Labute approximate surface area is 159 Å². The SMILES string of the molecule is COc1ccc(CNC(=O)c2cnn(-c3ccc(Cl)cc3Cl)c2)cc1F. The summed E-state index contributed by atoms with van der Waals surface area (Å²) < 4.78 is 20.0. The molecule has 0 saturated carbocycles. The van der Waals surface area contributed by atoms with Crippen LogP contribution in [0.25, 0.3) is 5.69 Å². The predicted molar refractivity (Wildman–Crippen MR) is 97.7 cm³/mol. The van der Waals surface area contributed by atoms with E-state index in [2.05, 4.69) is 10.4 Å². The second kappa shape index (κ2) is 7.76. The molecule has 5 nitrogen and oxygen atoms in total. The van der Waals surface area contributed by atoms with Crippen LogP contribution in [0.2, 0.25) is 10.0 Å². The Morgan fingerprint density at radius 1 is 1.27 bits per heavy atom. The van der Waals surface area contributed by atoms with E-state index in [4.69, 9.17) is 27.9 Å². The van der Waals surface area contributed by atoms with E-state index in [0.29, 0.717) is 26.9 Å². The van der Waals surface area contributed by atoms with E-state index < -0.39 is 5.82 Å². The summed E-state index contributed by atoms with van der Waals surface area (Å²) >= 11 is 12.0. The monoisotopic (exact) mass is 393 g/mol. The topological polar surface area (TPSA) is 56.1 Å². The zero-order valence-corrected chi connectivity index (χ0v) is 15.2. The molecule has 0 aliphatic carbocycles. The number of nitrogens with zero attached hydrogens (tertiary/aromatic N) is 2. The number of ether oxygens (including phenoxy) is 1. The molecule has 8 heteroatoms. The summed E-state index contributed by atoms with van der Waals surface area (Å²) in [4.78, 5) is 12.3. The lowest BCUT2D eigenvalue weighted by Crippen LogP contribution is -2.22. The van der Waals surface area contributed by atoms with Gasteiger partial charge >= 0.3 is 0 Å². The van der Waals surface area contributed by atoms with Crippen LogP contribution < -0.4 is 10.1 Å². The van der Waals surface area contributed by atoms with Crippen molar-refractivity contribution in [2.24, 2.45) is 0 Å². The van der Waals surface area contributed by atoms with E-state index in [1.54, 1.807) is 30.5 Å². The van der Waals surface area contributed by atoms with Crippen LogP contribution in [0.1, 0.15) is 15.9 Å². The van der Waals surface area contributed by atoms with Crippen molar-refractivity contribution in [1.29, 1.82) is 0 Å². The van der Waals surface area contributed by atoms with Gasteiger partial charge in [0.15, 0.2) is 11.6 Å². The van der Waals surface area contributed by atoms with E-state index in [1.807, 2.05) is 0 Å². The minimum Gasteiger partial charge on any atom is -0.494 e. The van der Waals surface area contributed by atoms with Crippen LogP contribution >= 0.6 is 23.2 Å². The number of carbonyl (C=O) groups excluding carboxylic acids is 1. The number of amides is 1. The minimum absolute atomic E-state index is 0.154. The van der Waals surface area contributed by atoms with Crippen LogP contribution in [0.3, 0.4) is 0 Å². The van der Waals surface area contributed by atoms with Crippen molar-refractivity contribution in [2.45, 2.75) is 6.54 Å². The minimum atomic E-state index is -0.482. The van der Waals surface area contributed by atoms with Crippen molar-refractivity contribution < 1.29 is 13.9 Å². The highest BCUT2D eigenvalue weighted by Crippen LogP contribution is 2.24. The molecule has 0 aliphatic rings. The standard InChI is InChI=1S/C18H14Cl2FN3O2/c1-26-17-5-2-11(6-15(17)21)8-22-18(25)12-9-23-24(10-12)16-4-3-13(19)7-14(16)20/h2-7,9-10H,8H2,1H3,(H,22,25). The molecule has 1 aromatic heterocycles. The van der Waals surface area contributed by atoms with Gasteiger partial charge in [0.2, 0.25) is 0 Å². The predicted octanol–water partition coefficient (Wildman–Crippen LogP) is 4.26. The number of hydrogen-bond acceptors (Lipinski definition) is 3. The van der Waals surface area contributed by atoms with Gasteiger partial charge in [0, 0.05) is 17.8 Å². The van der Waals surface area contributed by atoms with E-state index in [1.165, 1.54) is 30.1 Å². The molecule has 1 N–H and O–H groups in total. The molecule has 3 rings (SSSR count). The van der Waals surface area contributed by atoms with Crippen LogP contribution in [0.15, 0.2) is 48.8 Å². The third kappa shape index (κ3) is 3.98. The van der Waals surface area contributed by atoms with Gasteiger partial charge in [0.25, 0.3) is 5.91 Å².